The Morgan fingerprint density at radius 3 is 2.79 bits per heavy atom. The summed E-state index contributed by atoms with van der Waals surface area (Å²) in [5.74, 6) is -0.882. The van der Waals surface area contributed by atoms with Gasteiger partial charge in [0.2, 0.25) is 5.91 Å². The summed E-state index contributed by atoms with van der Waals surface area (Å²) in [6, 6.07) is 1.92. The van der Waals surface area contributed by atoms with Crippen molar-refractivity contribution in [1.82, 2.24) is 24.8 Å². The number of hydrogen-bond acceptors (Lipinski definition) is 6. The smallest absolute Gasteiger partial charge is 0.315 e. The lowest BCUT2D eigenvalue weighted by atomic mass is 9.90. The largest absolute Gasteiger partial charge is 0.469 e. The molecule has 28 heavy (non-hydrogen) atoms. The summed E-state index contributed by atoms with van der Waals surface area (Å²) in [6.07, 6.45) is 7.49. The number of esters is 1. The fraction of sp³-hybridized carbons (Fsp3) is 0.421. The number of pyridine rings is 1. The molecule has 9 nitrogen and oxygen atoms in total. The molecule has 0 spiro atoms. The first-order valence-electron chi connectivity index (χ1n) is 9.26. The third-order valence-corrected chi connectivity index (χ3v) is 5.29. The Hall–Kier alpha value is -3.23. The lowest BCUT2D eigenvalue weighted by Gasteiger charge is -2.31. The van der Waals surface area contributed by atoms with Gasteiger partial charge in [-0.05, 0) is 31.7 Å². The van der Waals surface area contributed by atoms with Crippen molar-refractivity contribution < 1.29 is 14.3 Å². The number of fused-ring (bicyclic) bond motifs is 3. The van der Waals surface area contributed by atoms with Gasteiger partial charge in [0.25, 0.3) is 5.56 Å². The quantitative estimate of drug-likeness (QED) is 0.520. The zero-order valence-corrected chi connectivity index (χ0v) is 15.5. The van der Waals surface area contributed by atoms with E-state index in [0.717, 1.165) is 42.2 Å². The summed E-state index contributed by atoms with van der Waals surface area (Å²) < 4.78 is 6.33. The summed E-state index contributed by atoms with van der Waals surface area (Å²) in [5.41, 5.74) is 2.05. The molecule has 9 heteroatoms. The van der Waals surface area contributed by atoms with Crippen LogP contribution in [0.1, 0.15) is 38.1 Å². The second-order valence-electron chi connectivity index (χ2n) is 7.02. The fourth-order valence-corrected chi connectivity index (χ4v) is 3.95. The van der Waals surface area contributed by atoms with Gasteiger partial charge in [0.05, 0.1) is 25.0 Å². The van der Waals surface area contributed by atoms with Crippen LogP contribution >= 0.6 is 0 Å². The minimum Gasteiger partial charge on any atom is -0.469 e. The third-order valence-electron chi connectivity index (χ3n) is 5.29. The molecule has 2 N–H and O–H groups in total. The molecule has 0 bridgehead atoms. The Morgan fingerprint density at radius 1 is 1.25 bits per heavy atom. The van der Waals surface area contributed by atoms with E-state index in [1.54, 1.807) is 12.4 Å². The van der Waals surface area contributed by atoms with Crippen molar-refractivity contribution >= 4 is 33.9 Å². The van der Waals surface area contributed by atoms with Crippen LogP contribution in [0, 0.1) is 0 Å². The molecule has 4 rings (SSSR count). The van der Waals surface area contributed by atoms with Crippen LogP contribution in [0.2, 0.25) is 0 Å². The Labute approximate surface area is 160 Å². The van der Waals surface area contributed by atoms with Crippen molar-refractivity contribution in [2.45, 2.75) is 44.2 Å². The summed E-state index contributed by atoms with van der Waals surface area (Å²) in [6.45, 7) is 0. The highest BCUT2D eigenvalue weighted by molar-refractivity contribution is 6.00. The molecule has 1 aliphatic rings. The zero-order valence-electron chi connectivity index (χ0n) is 15.5. The van der Waals surface area contributed by atoms with Crippen molar-refractivity contribution in [3.05, 3.63) is 35.0 Å². The van der Waals surface area contributed by atoms with Crippen LogP contribution in [0.4, 0.5) is 0 Å². The predicted molar refractivity (Wildman–Crippen MR) is 102 cm³/mol. The standard InChI is InChI=1S/C19H21N5O4/c1-28-17(27)8-15(25)23-11-2-4-12(5-3-11)24-16(26)10-21-14-9-22-19-13(18(14)24)6-7-20-19/h6-7,9-12H,2-5,8H2,1H3,(H,20,22)(H,23,25)/t11-,12-. The van der Waals surface area contributed by atoms with Crippen LogP contribution in [0.5, 0.6) is 0 Å². The summed E-state index contributed by atoms with van der Waals surface area (Å²) in [7, 11) is 1.26. The Kier molecular flexibility index (Phi) is 4.81. The number of hydrogen-bond donors (Lipinski definition) is 2. The van der Waals surface area contributed by atoms with E-state index in [4.69, 9.17) is 0 Å². The minimum absolute atomic E-state index is 0.00819. The average Bonchev–Trinajstić information content (AvgIpc) is 3.17. The average molecular weight is 383 g/mol. The molecule has 146 valence electrons. The van der Waals surface area contributed by atoms with Crippen LogP contribution in [0.15, 0.2) is 29.5 Å². The van der Waals surface area contributed by atoms with E-state index in [9.17, 15) is 14.4 Å². The lowest BCUT2D eigenvalue weighted by Crippen LogP contribution is -2.40. The number of nitrogens with one attached hydrogen (secondary N) is 2. The van der Waals surface area contributed by atoms with Gasteiger partial charge in [0.15, 0.2) is 0 Å². The first-order chi connectivity index (χ1) is 13.6. The maximum atomic E-state index is 12.7. The number of aromatic nitrogens is 4. The maximum absolute atomic E-state index is 12.7. The number of carbonyl (C=O) groups excluding carboxylic acids is 2. The predicted octanol–water partition coefficient (Wildman–Crippen LogP) is 1.44. The molecule has 0 aromatic carbocycles. The molecule has 0 aliphatic heterocycles. The molecular formula is C19H21N5O4. The first-order valence-corrected chi connectivity index (χ1v) is 9.26. The second-order valence-corrected chi connectivity index (χ2v) is 7.02. The summed E-state index contributed by atoms with van der Waals surface area (Å²) >= 11 is 0. The topological polar surface area (TPSA) is 119 Å². The van der Waals surface area contributed by atoms with Gasteiger partial charge in [0, 0.05) is 23.7 Å². The van der Waals surface area contributed by atoms with Gasteiger partial charge in [-0.3, -0.25) is 14.4 Å². The Bertz CT molecular complexity index is 1090. The molecule has 1 saturated carbocycles. The molecule has 1 amide bonds. The maximum Gasteiger partial charge on any atom is 0.315 e. The summed E-state index contributed by atoms with van der Waals surface area (Å²) in [4.78, 5) is 47.4. The number of nitrogens with zero attached hydrogens (tertiary/aromatic N) is 3. The van der Waals surface area contributed by atoms with Crippen LogP contribution < -0.4 is 10.9 Å². The van der Waals surface area contributed by atoms with Crippen molar-refractivity contribution in [2.75, 3.05) is 7.11 Å². The number of aromatic amines is 1. The highest BCUT2D eigenvalue weighted by Gasteiger charge is 2.26. The van der Waals surface area contributed by atoms with Crippen LogP contribution in [0.3, 0.4) is 0 Å². The van der Waals surface area contributed by atoms with Crippen LogP contribution in [-0.2, 0) is 14.3 Å². The van der Waals surface area contributed by atoms with Crippen LogP contribution in [-0.4, -0.2) is 44.5 Å². The number of H-pyrrole nitrogens is 1. The lowest BCUT2D eigenvalue weighted by molar-refractivity contribution is -0.144. The SMILES string of the molecule is COC(=O)CC(=O)N[C@H]1CC[C@H](n2c(=O)cnc3cnc4[nH]ccc4c32)CC1. The monoisotopic (exact) mass is 383 g/mol. The number of carbonyl (C=O) groups is 2. The molecule has 0 radical (unpaired) electrons. The van der Waals surface area contributed by atoms with E-state index >= 15 is 0 Å². The summed E-state index contributed by atoms with van der Waals surface area (Å²) in [5, 5.41) is 3.75. The van der Waals surface area contributed by atoms with E-state index in [-0.39, 0.29) is 30.0 Å². The molecule has 3 aromatic rings. The molecule has 1 aliphatic carbocycles. The van der Waals surface area contributed by atoms with Gasteiger partial charge in [-0.1, -0.05) is 0 Å². The van der Waals surface area contributed by atoms with Crippen LogP contribution in [0.25, 0.3) is 22.1 Å². The highest BCUT2D eigenvalue weighted by Crippen LogP contribution is 2.31. The molecule has 1 fully saturated rings. The minimum atomic E-state index is -0.551. The number of ether oxygens (including phenoxy) is 1. The van der Waals surface area contributed by atoms with Crippen molar-refractivity contribution in [3.8, 4) is 0 Å². The third kappa shape index (κ3) is 3.35. The number of amides is 1. The zero-order chi connectivity index (χ0) is 19.7. The number of rotatable bonds is 4. The van der Waals surface area contributed by atoms with Gasteiger partial charge in [-0.2, -0.15) is 0 Å². The Morgan fingerprint density at radius 2 is 2.04 bits per heavy atom. The first kappa shape index (κ1) is 18.1. The van der Waals surface area contributed by atoms with Gasteiger partial charge < -0.3 is 19.6 Å². The van der Waals surface area contributed by atoms with E-state index in [1.807, 2.05) is 10.6 Å². The molecule has 0 unspecified atom stereocenters. The van der Waals surface area contributed by atoms with E-state index < -0.39 is 5.97 Å². The fourth-order valence-electron chi connectivity index (χ4n) is 3.95. The Balaban J connectivity index is 1.55. The normalized spacial score (nSPS) is 19.6. The molecule has 0 saturated heterocycles. The van der Waals surface area contributed by atoms with Gasteiger partial charge in [-0.15, -0.1) is 0 Å². The van der Waals surface area contributed by atoms with Crippen molar-refractivity contribution in [2.24, 2.45) is 0 Å². The molecule has 0 atom stereocenters. The second kappa shape index (κ2) is 7.41. The van der Waals surface area contributed by atoms with Gasteiger partial charge >= 0.3 is 5.97 Å². The highest BCUT2D eigenvalue weighted by atomic mass is 16.5. The number of methoxy groups -OCH3 is 1. The van der Waals surface area contributed by atoms with Crippen molar-refractivity contribution in [3.63, 3.8) is 0 Å². The van der Waals surface area contributed by atoms with E-state index in [2.05, 4.69) is 25.0 Å². The van der Waals surface area contributed by atoms with Crippen molar-refractivity contribution in [1.29, 1.82) is 0 Å². The van der Waals surface area contributed by atoms with Gasteiger partial charge in [0.1, 0.15) is 17.6 Å². The van der Waals surface area contributed by atoms with Gasteiger partial charge in [-0.25, -0.2) is 9.97 Å². The van der Waals surface area contributed by atoms with E-state index in [1.165, 1.54) is 13.3 Å². The molecule has 3 aromatic heterocycles. The molecule has 3 heterocycles. The molecular weight excluding hydrogens is 362 g/mol. The van der Waals surface area contributed by atoms with E-state index in [0.29, 0.717) is 5.52 Å².